The molecule has 2 N–H and O–H groups in total. The molecule has 3 aromatic rings. The van der Waals surface area contributed by atoms with Gasteiger partial charge in [0.05, 0.1) is 12.6 Å². The van der Waals surface area contributed by atoms with Crippen LogP contribution in [0.3, 0.4) is 0 Å². The Morgan fingerprint density at radius 3 is 2.52 bits per heavy atom. The van der Waals surface area contributed by atoms with E-state index in [4.69, 9.17) is 4.74 Å². The van der Waals surface area contributed by atoms with Gasteiger partial charge in [-0.1, -0.05) is 42.5 Å². The summed E-state index contributed by atoms with van der Waals surface area (Å²) in [7, 11) is 0. The molecule has 31 heavy (non-hydrogen) atoms. The summed E-state index contributed by atoms with van der Waals surface area (Å²) in [6, 6.07) is 15.7. The number of hydrogen-bond acceptors (Lipinski definition) is 3. The maximum atomic E-state index is 12.8. The van der Waals surface area contributed by atoms with Gasteiger partial charge in [-0.25, -0.2) is 0 Å². The number of ether oxygens (including phenoxy) is 1. The van der Waals surface area contributed by atoms with Crippen molar-refractivity contribution in [1.29, 1.82) is 0 Å². The molecular weight excluding hydrogens is 409 g/mol. The number of amides is 1. The van der Waals surface area contributed by atoms with Crippen LogP contribution < -0.4 is 15.6 Å². The van der Waals surface area contributed by atoms with Crippen molar-refractivity contribution in [3.05, 3.63) is 99.0 Å². The fourth-order valence-corrected chi connectivity index (χ4v) is 3.57. The average Bonchev–Trinajstić information content (AvgIpc) is 2.77. The Morgan fingerprint density at radius 1 is 1.03 bits per heavy atom. The van der Waals surface area contributed by atoms with Gasteiger partial charge in [-0.05, 0) is 47.7 Å². The number of halogens is 3. The minimum atomic E-state index is -4.70. The normalized spacial score (nSPS) is 14.3. The van der Waals surface area contributed by atoms with Crippen molar-refractivity contribution >= 4 is 5.91 Å². The van der Waals surface area contributed by atoms with Crippen LogP contribution in [0.15, 0.2) is 65.5 Å². The quantitative estimate of drug-likeness (QED) is 0.653. The third-order valence-corrected chi connectivity index (χ3v) is 5.14. The summed E-state index contributed by atoms with van der Waals surface area (Å²) in [5, 5.41) is 2.78. The number of fused-ring (bicyclic) bond motifs is 1. The second-order valence-electron chi connectivity index (χ2n) is 7.25. The smallest absolute Gasteiger partial charge is 0.431 e. The number of aromatic amines is 1. The van der Waals surface area contributed by atoms with Gasteiger partial charge in [-0.3, -0.25) is 9.59 Å². The molecule has 0 spiro atoms. The maximum absolute atomic E-state index is 12.8. The summed E-state index contributed by atoms with van der Waals surface area (Å²) in [6.45, 7) is 0.611. The lowest BCUT2D eigenvalue weighted by atomic mass is 9.95. The summed E-state index contributed by atoms with van der Waals surface area (Å²) in [4.78, 5) is 26.7. The molecule has 2 aromatic carbocycles. The molecule has 1 aromatic heterocycles. The molecule has 1 unspecified atom stereocenters. The monoisotopic (exact) mass is 428 g/mol. The molecule has 0 aliphatic carbocycles. The first-order valence-electron chi connectivity index (χ1n) is 9.75. The van der Waals surface area contributed by atoms with Gasteiger partial charge in [0.1, 0.15) is 17.0 Å². The summed E-state index contributed by atoms with van der Waals surface area (Å²) in [6.07, 6.45) is -2.87. The number of benzene rings is 2. The van der Waals surface area contributed by atoms with E-state index in [0.29, 0.717) is 12.7 Å². The Kier molecular flexibility index (Phi) is 5.54. The summed E-state index contributed by atoms with van der Waals surface area (Å²) in [5.74, 6) is -0.0335. The molecule has 1 amide bonds. The molecule has 2 heterocycles. The minimum Gasteiger partial charge on any atom is -0.493 e. The van der Waals surface area contributed by atoms with Crippen molar-refractivity contribution in [1.82, 2.24) is 10.3 Å². The van der Waals surface area contributed by atoms with E-state index in [2.05, 4.69) is 5.32 Å². The van der Waals surface area contributed by atoms with Crippen LogP contribution in [0.25, 0.3) is 0 Å². The first kappa shape index (κ1) is 20.7. The molecule has 0 bridgehead atoms. The lowest BCUT2D eigenvalue weighted by Crippen LogP contribution is -2.34. The standard InChI is InChI=1S/C23H19F3N2O3/c24-23(25,26)19-11-10-17(21(29)27-19)22(30)28-20(15-5-2-1-3-6-15)16-9-8-14-7-4-12-31-18(14)13-16/h1-3,5-6,8-11,13,20H,4,7,12H2,(H,27,29)(H,28,30). The maximum Gasteiger partial charge on any atom is 0.431 e. The summed E-state index contributed by atoms with van der Waals surface area (Å²) in [5.41, 5.74) is -0.137. The lowest BCUT2D eigenvalue weighted by molar-refractivity contribution is -0.141. The average molecular weight is 428 g/mol. The summed E-state index contributed by atoms with van der Waals surface area (Å²) < 4.78 is 44.2. The van der Waals surface area contributed by atoms with E-state index >= 15 is 0 Å². The van der Waals surface area contributed by atoms with Crippen LogP contribution in [-0.2, 0) is 12.6 Å². The number of nitrogens with one attached hydrogen (secondary N) is 2. The van der Waals surface area contributed by atoms with Gasteiger partial charge < -0.3 is 15.0 Å². The number of aromatic nitrogens is 1. The topological polar surface area (TPSA) is 71.2 Å². The van der Waals surface area contributed by atoms with Crippen LogP contribution in [0.5, 0.6) is 5.75 Å². The largest absolute Gasteiger partial charge is 0.493 e. The van der Waals surface area contributed by atoms with Crippen LogP contribution in [-0.4, -0.2) is 17.5 Å². The SMILES string of the molecule is O=C(NC(c1ccccc1)c1ccc2c(c1)OCCC2)c1ccc(C(F)(F)F)[nH]c1=O. The molecule has 1 aliphatic rings. The van der Waals surface area contributed by atoms with Gasteiger partial charge in [-0.2, -0.15) is 13.2 Å². The zero-order valence-corrected chi connectivity index (χ0v) is 16.3. The zero-order valence-electron chi connectivity index (χ0n) is 16.3. The van der Waals surface area contributed by atoms with E-state index < -0.39 is 34.9 Å². The van der Waals surface area contributed by atoms with Crippen LogP contribution in [0.1, 0.15) is 45.2 Å². The molecule has 1 atom stereocenters. The Hall–Kier alpha value is -3.55. The van der Waals surface area contributed by atoms with Gasteiger partial charge in [0.25, 0.3) is 11.5 Å². The van der Waals surface area contributed by atoms with Crippen LogP contribution in [0.2, 0.25) is 0 Å². The molecule has 5 nitrogen and oxygen atoms in total. The summed E-state index contributed by atoms with van der Waals surface area (Å²) >= 11 is 0. The Balaban J connectivity index is 1.68. The zero-order chi connectivity index (χ0) is 22.0. The fraction of sp³-hybridized carbons (Fsp3) is 0.217. The third-order valence-electron chi connectivity index (χ3n) is 5.14. The highest BCUT2D eigenvalue weighted by Gasteiger charge is 2.32. The molecule has 1 aliphatic heterocycles. The number of hydrogen-bond donors (Lipinski definition) is 2. The van der Waals surface area contributed by atoms with Gasteiger partial charge in [-0.15, -0.1) is 0 Å². The fourth-order valence-electron chi connectivity index (χ4n) is 3.57. The van der Waals surface area contributed by atoms with Crippen LogP contribution in [0.4, 0.5) is 13.2 Å². The highest BCUT2D eigenvalue weighted by Crippen LogP contribution is 2.31. The third kappa shape index (κ3) is 4.47. The molecular formula is C23H19F3N2O3. The first-order chi connectivity index (χ1) is 14.8. The van der Waals surface area contributed by atoms with E-state index in [0.717, 1.165) is 41.3 Å². The van der Waals surface area contributed by atoms with Crippen molar-refractivity contribution in [2.45, 2.75) is 25.1 Å². The number of pyridine rings is 1. The highest BCUT2D eigenvalue weighted by molar-refractivity contribution is 5.94. The second kappa shape index (κ2) is 8.29. The Bertz CT molecular complexity index is 1160. The van der Waals surface area contributed by atoms with Crippen molar-refractivity contribution < 1.29 is 22.7 Å². The second-order valence-corrected chi connectivity index (χ2v) is 7.25. The molecule has 4 rings (SSSR count). The number of alkyl halides is 3. The number of rotatable bonds is 4. The van der Waals surface area contributed by atoms with E-state index in [1.54, 1.807) is 4.98 Å². The van der Waals surface area contributed by atoms with E-state index in [1.165, 1.54) is 0 Å². The molecule has 0 fully saturated rings. The molecule has 8 heteroatoms. The molecule has 0 saturated heterocycles. The van der Waals surface area contributed by atoms with Crippen molar-refractivity contribution in [2.24, 2.45) is 0 Å². The highest BCUT2D eigenvalue weighted by atomic mass is 19.4. The van der Waals surface area contributed by atoms with E-state index in [9.17, 15) is 22.8 Å². The van der Waals surface area contributed by atoms with Crippen molar-refractivity contribution in [3.63, 3.8) is 0 Å². The van der Waals surface area contributed by atoms with Gasteiger partial charge in [0.15, 0.2) is 0 Å². The first-order valence-corrected chi connectivity index (χ1v) is 9.75. The van der Waals surface area contributed by atoms with Crippen molar-refractivity contribution in [3.8, 4) is 5.75 Å². The predicted molar refractivity (Wildman–Crippen MR) is 108 cm³/mol. The number of carbonyl (C=O) groups excluding carboxylic acids is 1. The predicted octanol–water partition coefficient (Wildman–Crippen LogP) is 4.24. The van der Waals surface area contributed by atoms with Crippen LogP contribution in [0, 0.1) is 0 Å². The van der Waals surface area contributed by atoms with Gasteiger partial charge in [0, 0.05) is 0 Å². The molecule has 160 valence electrons. The lowest BCUT2D eigenvalue weighted by Gasteiger charge is -2.23. The molecule has 0 radical (unpaired) electrons. The number of carbonyl (C=O) groups is 1. The van der Waals surface area contributed by atoms with Gasteiger partial charge >= 0.3 is 6.18 Å². The number of aryl methyl sites for hydroxylation is 1. The van der Waals surface area contributed by atoms with Crippen molar-refractivity contribution in [2.75, 3.05) is 6.61 Å². The van der Waals surface area contributed by atoms with E-state index in [-0.39, 0.29) is 0 Å². The molecule has 0 saturated carbocycles. The number of H-pyrrole nitrogens is 1. The van der Waals surface area contributed by atoms with Gasteiger partial charge in [0.2, 0.25) is 0 Å². The van der Waals surface area contributed by atoms with E-state index in [1.807, 2.05) is 48.5 Å². The Morgan fingerprint density at radius 2 is 1.81 bits per heavy atom. The van der Waals surface area contributed by atoms with Crippen LogP contribution >= 0.6 is 0 Å². The Labute approximate surface area is 175 Å². The minimum absolute atomic E-state index is 0.400.